The first kappa shape index (κ1) is 19.5. The normalized spacial score (nSPS) is 13.4. The molecule has 2 aromatic heterocycles. The van der Waals surface area contributed by atoms with Crippen molar-refractivity contribution in [3.8, 4) is 0 Å². The van der Waals surface area contributed by atoms with E-state index in [-0.39, 0.29) is 24.8 Å². The molecule has 29 heavy (non-hydrogen) atoms. The van der Waals surface area contributed by atoms with Crippen molar-refractivity contribution in [3.63, 3.8) is 0 Å². The fraction of sp³-hybridized carbons (Fsp3) is 0.217. The van der Waals surface area contributed by atoms with Gasteiger partial charge in [-0.2, -0.15) is 0 Å². The molecule has 0 saturated carbocycles. The minimum absolute atomic E-state index is 0.0992. The van der Waals surface area contributed by atoms with E-state index in [9.17, 15) is 9.90 Å². The first-order valence-electron chi connectivity index (χ1n) is 9.46. The Labute approximate surface area is 172 Å². The van der Waals surface area contributed by atoms with Gasteiger partial charge >= 0.3 is 0 Å². The number of hydrogen-bond acceptors (Lipinski definition) is 5. The van der Waals surface area contributed by atoms with Crippen molar-refractivity contribution >= 4 is 21.6 Å². The van der Waals surface area contributed by atoms with Crippen LogP contribution in [0.1, 0.15) is 22.8 Å². The lowest BCUT2D eigenvalue weighted by Crippen LogP contribution is -2.30. The molecule has 0 bridgehead atoms. The summed E-state index contributed by atoms with van der Waals surface area (Å²) >= 11 is 1.43. The number of aryl methyl sites for hydroxylation is 1. The van der Waals surface area contributed by atoms with Gasteiger partial charge in [-0.05, 0) is 35.1 Å². The summed E-state index contributed by atoms with van der Waals surface area (Å²) in [7, 11) is 0. The van der Waals surface area contributed by atoms with Gasteiger partial charge in [-0.3, -0.25) is 9.36 Å². The molecule has 5 nitrogen and oxygen atoms in total. The smallest absolute Gasteiger partial charge is 0.262 e. The quantitative estimate of drug-likeness (QED) is 0.505. The van der Waals surface area contributed by atoms with Crippen LogP contribution in [-0.4, -0.2) is 27.4 Å². The zero-order chi connectivity index (χ0) is 20.2. The summed E-state index contributed by atoms with van der Waals surface area (Å²) in [6, 6.07) is 19.8. The third kappa shape index (κ3) is 4.29. The van der Waals surface area contributed by atoms with Crippen LogP contribution in [0.3, 0.4) is 0 Å². The van der Waals surface area contributed by atoms with Crippen LogP contribution < -0.4 is 5.56 Å². The average molecular weight is 407 g/mol. The van der Waals surface area contributed by atoms with E-state index in [0.29, 0.717) is 10.2 Å². The van der Waals surface area contributed by atoms with E-state index in [2.05, 4.69) is 4.98 Å². The molecule has 2 atom stereocenters. The van der Waals surface area contributed by atoms with Gasteiger partial charge < -0.3 is 9.84 Å². The Bertz CT molecular complexity index is 1150. The monoisotopic (exact) mass is 406 g/mol. The lowest BCUT2D eigenvalue weighted by molar-refractivity contribution is -0.00118. The zero-order valence-corrected chi connectivity index (χ0v) is 16.9. The Hall–Kier alpha value is -2.80. The Balaban J connectivity index is 1.51. The maximum Gasteiger partial charge on any atom is 0.262 e. The second-order valence-electron chi connectivity index (χ2n) is 6.98. The number of ether oxygens (including phenoxy) is 1. The fourth-order valence-electron chi connectivity index (χ4n) is 3.38. The minimum Gasteiger partial charge on any atom is -0.389 e. The maximum absolute atomic E-state index is 12.5. The summed E-state index contributed by atoms with van der Waals surface area (Å²) in [5.74, 6) is 0. The standard InChI is InChI=1S/C23H22N2O3S/c1-16-7-5-6-10-19(16)21(17-8-3-2-4-9-17)28-14-18(26)13-25-15-24-22-20(23(25)27)11-12-29-22/h2-12,15,18,21,26H,13-14H2,1H3/t18-,21+/m0/s1. The van der Waals surface area contributed by atoms with Gasteiger partial charge in [0.15, 0.2) is 0 Å². The van der Waals surface area contributed by atoms with E-state index >= 15 is 0 Å². The maximum atomic E-state index is 12.5. The fourth-order valence-corrected chi connectivity index (χ4v) is 4.11. The van der Waals surface area contributed by atoms with E-state index in [1.54, 1.807) is 6.07 Å². The summed E-state index contributed by atoms with van der Waals surface area (Å²) in [5.41, 5.74) is 3.06. The molecule has 0 unspecified atom stereocenters. The molecule has 0 radical (unpaired) electrons. The number of aliphatic hydroxyl groups is 1. The van der Waals surface area contributed by atoms with Gasteiger partial charge in [0.1, 0.15) is 10.9 Å². The van der Waals surface area contributed by atoms with Gasteiger partial charge in [-0.25, -0.2) is 4.98 Å². The summed E-state index contributed by atoms with van der Waals surface area (Å²) in [6.07, 6.45) is 0.363. The number of thiophene rings is 1. The highest BCUT2D eigenvalue weighted by molar-refractivity contribution is 7.16. The number of fused-ring (bicyclic) bond motifs is 1. The van der Waals surface area contributed by atoms with Crippen LogP contribution >= 0.6 is 11.3 Å². The van der Waals surface area contributed by atoms with Crippen molar-refractivity contribution < 1.29 is 9.84 Å². The number of nitrogens with zero attached hydrogens (tertiary/aromatic N) is 2. The van der Waals surface area contributed by atoms with Crippen molar-refractivity contribution in [3.05, 3.63) is 99.4 Å². The highest BCUT2D eigenvalue weighted by Gasteiger charge is 2.19. The van der Waals surface area contributed by atoms with Gasteiger partial charge in [0.2, 0.25) is 0 Å². The van der Waals surface area contributed by atoms with E-state index in [4.69, 9.17) is 4.74 Å². The molecule has 0 spiro atoms. The molecule has 2 aromatic carbocycles. The molecular formula is C23H22N2O3S. The van der Waals surface area contributed by atoms with Crippen molar-refractivity contribution in [2.45, 2.75) is 25.7 Å². The van der Waals surface area contributed by atoms with E-state index in [1.165, 1.54) is 22.2 Å². The van der Waals surface area contributed by atoms with Gasteiger partial charge in [-0.15, -0.1) is 11.3 Å². The van der Waals surface area contributed by atoms with Gasteiger partial charge in [0, 0.05) is 0 Å². The first-order chi connectivity index (χ1) is 14.1. The number of aromatic nitrogens is 2. The van der Waals surface area contributed by atoms with Crippen LogP contribution in [0.4, 0.5) is 0 Å². The molecule has 0 amide bonds. The summed E-state index contributed by atoms with van der Waals surface area (Å²) in [4.78, 5) is 17.5. The van der Waals surface area contributed by atoms with Crippen LogP contribution in [0, 0.1) is 6.92 Å². The largest absolute Gasteiger partial charge is 0.389 e. The van der Waals surface area contributed by atoms with Gasteiger partial charge in [-0.1, -0.05) is 54.6 Å². The van der Waals surface area contributed by atoms with Crippen LogP contribution in [0.15, 0.2) is 77.2 Å². The van der Waals surface area contributed by atoms with Crippen LogP contribution in [0.2, 0.25) is 0 Å². The second-order valence-corrected chi connectivity index (χ2v) is 7.87. The second kappa shape index (κ2) is 8.69. The Morgan fingerprint density at radius 3 is 2.66 bits per heavy atom. The molecule has 1 N–H and O–H groups in total. The molecular weight excluding hydrogens is 384 g/mol. The lowest BCUT2D eigenvalue weighted by atomic mass is 9.97. The summed E-state index contributed by atoms with van der Waals surface area (Å²) in [5, 5.41) is 13.0. The highest BCUT2D eigenvalue weighted by Crippen LogP contribution is 2.28. The topological polar surface area (TPSA) is 64.3 Å². The van der Waals surface area contributed by atoms with Crippen molar-refractivity contribution in [2.24, 2.45) is 0 Å². The molecule has 4 rings (SSSR count). The van der Waals surface area contributed by atoms with Crippen molar-refractivity contribution in [2.75, 3.05) is 6.61 Å². The Morgan fingerprint density at radius 1 is 1.10 bits per heavy atom. The Kier molecular flexibility index (Phi) is 5.85. The first-order valence-corrected chi connectivity index (χ1v) is 10.3. The summed E-state index contributed by atoms with van der Waals surface area (Å²) in [6.45, 7) is 2.28. The molecule has 0 aliphatic carbocycles. The van der Waals surface area contributed by atoms with E-state index in [0.717, 1.165) is 16.7 Å². The Morgan fingerprint density at radius 2 is 1.86 bits per heavy atom. The number of hydrogen-bond donors (Lipinski definition) is 1. The molecule has 2 heterocycles. The molecule has 148 valence electrons. The third-order valence-corrected chi connectivity index (χ3v) is 5.71. The molecule has 0 aliphatic heterocycles. The molecule has 6 heteroatoms. The van der Waals surface area contributed by atoms with Gasteiger partial charge in [0.25, 0.3) is 5.56 Å². The van der Waals surface area contributed by atoms with Gasteiger partial charge in [0.05, 0.1) is 31.0 Å². The number of benzene rings is 2. The van der Waals surface area contributed by atoms with Crippen molar-refractivity contribution in [1.29, 1.82) is 0 Å². The predicted molar refractivity (Wildman–Crippen MR) is 115 cm³/mol. The third-order valence-electron chi connectivity index (χ3n) is 4.89. The SMILES string of the molecule is Cc1ccccc1[C@H](OC[C@@H](O)Cn1cnc2sccc2c1=O)c1ccccc1. The highest BCUT2D eigenvalue weighted by atomic mass is 32.1. The van der Waals surface area contributed by atoms with Crippen LogP contribution in [-0.2, 0) is 11.3 Å². The van der Waals surface area contributed by atoms with Crippen LogP contribution in [0.5, 0.6) is 0 Å². The lowest BCUT2D eigenvalue weighted by Gasteiger charge is -2.22. The number of aliphatic hydroxyl groups excluding tert-OH is 1. The molecule has 0 aliphatic rings. The van der Waals surface area contributed by atoms with Crippen molar-refractivity contribution in [1.82, 2.24) is 9.55 Å². The van der Waals surface area contributed by atoms with Crippen LogP contribution in [0.25, 0.3) is 10.2 Å². The molecule has 4 aromatic rings. The summed E-state index contributed by atoms with van der Waals surface area (Å²) < 4.78 is 7.60. The van der Waals surface area contributed by atoms with E-state index in [1.807, 2.05) is 66.9 Å². The minimum atomic E-state index is -0.833. The zero-order valence-electron chi connectivity index (χ0n) is 16.1. The van der Waals surface area contributed by atoms with E-state index < -0.39 is 6.10 Å². The predicted octanol–water partition coefficient (Wildman–Crippen LogP) is 3.93. The number of rotatable bonds is 7. The molecule has 0 saturated heterocycles. The molecule has 0 fully saturated rings. The average Bonchev–Trinajstić information content (AvgIpc) is 3.22.